The number of amides is 1. The number of sulfonamides is 1. The number of carbonyl (C=O) groups excluding carboxylic acids is 1. The van der Waals surface area contributed by atoms with Crippen LogP contribution in [0.15, 0.2) is 0 Å². The zero-order valence-corrected chi connectivity index (χ0v) is 11.9. The number of rotatable bonds is 9. The summed E-state index contributed by atoms with van der Waals surface area (Å²) in [7, 11) is -3.23. The molecule has 0 aromatic heterocycles. The smallest absolute Gasteiger partial charge is 0.222 e. The predicted octanol–water partition coefficient (Wildman–Crippen LogP) is 0.697. The van der Waals surface area contributed by atoms with E-state index in [9.17, 15) is 13.2 Å². The molecule has 0 aliphatic rings. The first kappa shape index (κ1) is 16.7. The Labute approximate surface area is 108 Å². The topological polar surface area (TPSA) is 75.3 Å². The summed E-state index contributed by atoms with van der Waals surface area (Å²) in [6.45, 7) is 4.10. The summed E-state index contributed by atoms with van der Waals surface area (Å²) in [6.07, 6.45) is 1.24. The molecule has 0 fully saturated rings. The number of hydrogen-bond donors (Lipinski definition) is 2. The summed E-state index contributed by atoms with van der Waals surface area (Å²) in [5.74, 6) is 0.388. The van der Waals surface area contributed by atoms with E-state index in [1.54, 1.807) is 13.8 Å². The fraction of sp³-hybridized carbons (Fsp3) is 0.900. The van der Waals surface area contributed by atoms with Crippen molar-refractivity contribution in [3.05, 3.63) is 0 Å². The minimum Gasteiger partial charge on any atom is -0.355 e. The van der Waals surface area contributed by atoms with E-state index in [1.807, 2.05) is 0 Å². The molecule has 0 atom stereocenters. The normalized spacial score (nSPS) is 11.8. The van der Waals surface area contributed by atoms with E-state index in [-0.39, 0.29) is 24.1 Å². The number of hydrogen-bond acceptors (Lipinski definition) is 3. The van der Waals surface area contributed by atoms with E-state index in [2.05, 4.69) is 10.0 Å². The first-order valence-corrected chi connectivity index (χ1v) is 7.88. The highest BCUT2D eigenvalue weighted by atomic mass is 35.5. The van der Waals surface area contributed by atoms with Gasteiger partial charge in [-0.2, -0.15) is 0 Å². The SMILES string of the molecule is CC(C)C(=O)NCCNS(=O)(=O)CCCCCl. The lowest BCUT2D eigenvalue weighted by Gasteiger charge is -2.09. The van der Waals surface area contributed by atoms with Crippen molar-refractivity contribution in [2.45, 2.75) is 26.7 Å². The molecule has 0 unspecified atom stereocenters. The van der Waals surface area contributed by atoms with Gasteiger partial charge in [0.1, 0.15) is 0 Å². The maximum Gasteiger partial charge on any atom is 0.222 e. The van der Waals surface area contributed by atoms with Gasteiger partial charge in [-0.25, -0.2) is 13.1 Å². The monoisotopic (exact) mass is 284 g/mol. The zero-order valence-electron chi connectivity index (χ0n) is 10.3. The van der Waals surface area contributed by atoms with E-state index < -0.39 is 10.0 Å². The van der Waals surface area contributed by atoms with Crippen LogP contribution in [0.2, 0.25) is 0 Å². The average Bonchev–Trinajstić information content (AvgIpc) is 2.24. The standard InChI is InChI=1S/C10H21ClN2O3S/c1-9(2)10(14)12-6-7-13-17(15,16)8-4-3-5-11/h9,13H,3-8H2,1-2H3,(H,12,14). The predicted molar refractivity (Wildman–Crippen MR) is 69.6 cm³/mol. The van der Waals surface area contributed by atoms with Gasteiger partial charge < -0.3 is 5.32 Å². The molecular weight excluding hydrogens is 264 g/mol. The third-order valence-corrected chi connectivity index (χ3v) is 3.80. The van der Waals surface area contributed by atoms with Crippen molar-refractivity contribution in [3.63, 3.8) is 0 Å². The van der Waals surface area contributed by atoms with Crippen LogP contribution in [0.4, 0.5) is 0 Å². The van der Waals surface area contributed by atoms with Crippen LogP contribution in [0.3, 0.4) is 0 Å². The Hall–Kier alpha value is -0.330. The van der Waals surface area contributed by atoms with Gasteiger partial charge in [-0.05, 0) is 12.8 Å². The molecule has 0 heterocycles. The van der Waals surface area contributed by atoms with Crippen molar-refractivity contribution in [1.82, 2.24) is 10.0 Å². The second kappa shape index (κ2) is 8.72. The molecule has 2 N–H and O–H groups in total. The van der Waals surface area contributed by atoms with Gasteiger partial charge in [0.05, 0.1) is 5.75 Å². The van der Waals surface area contributed by atoms with Crippen LogP contribution in [0, 0.1) is 5.92 Å². The molecule has 0 radical (unpaired) electrons. The first-order chi connectivity index (χ1) is 7.89. The molecule has 0 bridgehead atoms. The molecular formula is C10H21ClN2O3S. The molecule has 0 aromatic carbocycles. The number of nitrogens with one attached hydrogen (secondary N) is 2. The molecule has 0 aliphatic heterocycles. The minimum atomic E-state index is -3.23. The number of alkyl halides is 1. The van der Waals surface area contributed by atoms with Crippen molar-refractivity contribution < 1.29 is 13.2 Å². The van der Waals surface area contributed by atoms with Crippen LogP contribution in [0.5, 0.6) is 0 Å². The van der Waals surface area contributed by atoms with Gasteiger partial charge >= 0.3 is 0 Å². The van der Waals surface area contributed by atoms with Gasteiger partial charge in [-0.3, -0.25) is 4.79 Å². The van der Waals surface area contributed by atoms with Gasteiger partial charge in [0, 0.05) is 24.9 Å². The van der Waals surface area contributed by atoms with Gasteiger partial charge in [-0.1, -0.05) is 13.8 Å². The highest BCUT2D eigenvalue weighted by Gasteiger charge is 2.09. The Kier molecular flexibility index (Phi) is 8.55. The Morgan fingerprint density at radius 1 is 1.24 bits per heavy atom. The van der Waals surface area contributed by atoms with E-state index in [0.29, 0.717) is 25.3 Å². The van der Waals surface area contributed by atoms with E-state index in [4.69, 9.17) is 11.6 Å². The summed E-state index contributed by atoms with van der Waals surface area (Å²) in [6, 6.07) is 0. The second-order valence-electron chi connectivity index (χ2n) is 4.06. The van der Waals surface area contributed by atoms with Crippen LogP contribution in [0.25, 0.3) is 0 Å². The first-order valence-electron chi connectivity index (χ1n) is 5.70. The maximum atomic E-state index is 11.4. The molecule has 1 amide bonds. The Bertz CT molecular complexity index is 318. The highest BCUT2D eigenvalue weighted by Crippen LogP contribution is 1.96. The van der Waals surface area contributed by atoms with Crippen LogP contribution in [0.1, 0.15) is 26.7 Å². The van der Waals surface area contributed by atoms with Crippen molar-refractivity contribution >= 4 is 27.5 Å². The highest BCUT2D eigenvalue weighted by molar-refractivity contribution is 7.89. The average molecular weight is 285 g/mol. The van der Waals surface area contributed by atoms with Crippen LogP contribution in [-0.4, -0.2) is 39.0 Å². The summed E-state index contributed by atoms with van der Waals surface area (Å²) < 4.78 is 25.3. The van der Waals surface area contributed by atoms with Crippen molar-refractivity contribution in [3.8, 4) is 0 Å². The molecule has 0 saturated carbocycles. The number of halogens is 1. The molecule has 7 heteroatoms. The van der Waals surface area contributed by atoms with Crippen molar-refractivity contribution in [1.29, 1.82) is 0 Å². The van der Waals surface area contributed by atoms with Gasteiger partial charge in [0.15, 0.2) is 0 Å². The summed E-state index contributed by atoms with van der Waals surface area (Å²) in [4.78, 5) is 11.2. The molecule has 17 heavy (non-hydrogen) atoms. The van der Waals surface area contributed by atoms with Crippen LogP contribution < -0.4 is 10.0 Å². The zero-order chi connectivity index (χ0) is 13.3. The Morgan fingerprint density at radius 3 is 2.41 bits per heavy atom. The minimum absolute atomic E-state index is 0.0775. The van der Waals surface area contributed by atoms with Gasteiger partial charge in [0.2, 0.25) is 15.9 Å². The largest absolute Gasteiger partial charge is 0.355 e. The quantitative estimate of drug-likeness (QED) is 0.483. The van der Waals surface area contributed by atoms with Gasteiger partial charge in [-0.15, -0.1) is 11.6 Å². The van der Waals surface area contributed by atoms with Gasteiger partial charge in [0.25, 0.3) is 0 Å². The molecule has 0 aliphatic carbocycles. The Balaban J connectivity index is 3.69. The molecule has 0 spiro atoms. The lowest BCUT2D eigenvalue weighted by atomic mass is 10.2. The second-order valence-corrected chi connectivity index (χ2v) is 6.36. The molecule has 0 saturated heterocycles. The third-order valence-electron chi connectivity index (χ3n) is 2.07. The summed E-state index contributed by atoms with van der Waals surface area (Å²) >= 11 is 5.46. The molecule has 102 valence electrons. The third kappa shape index (κ3) is 9.38. The van der Waals surface area contributed by atoms with Crippen LogP contribution >= 0.6 is 11.6 Å². The number of unbranched alkanes of at least 4 members (excludes halogenated alkanes) is 1. The lowest BCUT2D eigenvalue weighted by Crippen LogP contribution is -2.37. The van der Waals surface area contributed by atoms with Crippen molar-refractivity contribution in [2.24, 2.45) is 5.92 Å². The molecule has 5 nitrogen and oxygen atoms in total. The van der Waals surface area contributed by atoms with E-state index in [1.165, 1.54) is 0 Å². The Morgan fingerprint density at radius 2 is 1.88 bits per heavy atom. The summed E-state index contributed by atoms with van der Waals surface area (Å²) in [5.41, 5.74) is 0. The molecule has 0 rings (SSSR count). The van der Waals surface area contributed by atoms with E-state index in [0.717, 1.165) is 0 Å². The summed E-state index contributed by atoms with van der Waals surface area (Å²) in [5, 5.41) is 2.63. The fourth-order valence-corrected chi connectivity index (χ4v) is 2.39. The number of carbonyl (C=O) groups is 1. The van der Waals surface area contributed by atoms with Crippen LogP contribution in [-0.2, 0) is 14.8 Å². The lowest BCUT2D eigenvalue weighted by molar-refractivity contribution is -0.123. The molecule has 0 aromatic rings. The maximum absolute atomic E-state index is 11.4. The van der Waals surface area contributed by atoms with E-state index >= 15 is 0 Å². The fourth-order valence-electron chi connectivity index (χ4n) is 1.06. The van der Waals surface area contributed by atoms with Crippen molar-refractivity contribution in [2.75, 3.05) is 24.7 Å².